The van der Waals surface area contributed by atoms with Gasteiger partial charge in [0.25, 0.3) is 5.91 Å². The van der Waals surface area contributed by atoms with E-state index in [1.54, 1.807) is 7.11 Å². The number of carbonyl (C=O) groups is 1. The Morgan fingerprint density at radius 2 is 2.00 bits per heavy atom. The largest absolute Gasteiger partial charge is 0.496 e. The summed E-state index contributed by atoms with van der Waals surface area (Å²) in [6, 6.07) is 14.5. The number of para-hydroxylation sites is 1. The molecule has 0 spiro atoms. The van der Waals surface area contributed by atoms with Gasteiger partial charge < -0.3 is 19.1 Å². The molecule has 0 N–H and O–H groups in total. The maximum absolute atomic E-state index is 13.6. The van der Waals surface area contributed by atoms with Crippen molar-refractivity contribution in [2.45, 2.75) is 52.3 Å². The van der Waals surface area contributed by atoms with E-state index in [1.807, 2.05) is 23.1 Å². The minimum Gasteiger partial charge on any atom is -0.496 e. The zero-order valence-electron chi connectivity index (χ0n) is 21.2. The van der Waals surface area contributed by atoms with Crippen LogP contribution in [0.15, 0.2) is 42.5 Å². The fraction of sp³-hybridized carbons (Fsp3) is 0.536. The molecule has 0 saturated carbocycles. The summed E-state index contributed by atoms with van der Waals surface area (Å²) in [7, 11) is 1.70. The highest BCUT2D eigenvalue weighted by atomic mass is 35.5. The first-order chi connectivity index (χ1) is 16.5. The maximum atomic E-state index is 13.6. The number of ether oxygens (including phenoxy) is 3. The van der Waals surface area contributed by atoms with Crippen LogP contribution in [0.4, 0.5) is 0 Å². The van der Waals surface area contributed by atoms with Gasteiger partial charge >= 0.3 is 0 Å². The molecule has 0 bridgehead atoms. The Morgan fingerprint density at radius 1 is 1.17 bits per heavy atom. The van der Waals surface area contributed by atoms with Gasteiger partial charge in [-0.1, -0.05) is 44.2 Å². The monoisotopic (exact) mass is 502 g/mol. The average molecular weight is 503 g/mol. The molecule has 0 aliphatic carbocycles. The van der Waals surface area contributed by atoms with Gasteiger partial charge in [0.05, 0.1) is 20.3 Å². The highest BCUT2D eigenvalue weighted by molar-refractivity contribution is 5.85. The van der Waals surface area contributed by atoms with Crippen LogP contribution in [0.25, 0.3) is 0 Å². The molecule has 7 heteroatoms. The predicted octanol–water partition coefficient (Wildman–Crippen LogP) is 4.72. The van der Waals surface area contributed by atoms with Crippen molar-refractivity contribution in [3.8, 4) is 11.5 Å². The van der Waals surface area contributed by atoms with E-state index in [0.29, 0.717) is 32.2 Å². The molecule has 1 fully saturated rings. The second-order valence-electron chi connectivity index (χ2n) is 9.77. The number of hydrogen-bond donors (Lipinski definition) is 0. The number of nitrogens with zero attached hydrogens (tertiary/aromatic N) is 2. The van der Waals surface area contributed by atoms with Crippen molar-refractivity contribution in [3.05, 3.63) is 59.2 Å². The number of hydrogen-bond acceptors (Lipinski definition) is 5. The lowest BCUT2D eigenvalue weighted by molar-refractivity contribution is -0.151. The fourth-order valence-corrected chi connectivity index (χ4v) is 4.83. The molecule has 2 aliphatic rings. The van der Waals surface area contributed by atoms with Crippen LogP contribution in [-0.2, 0) is 29.0 Å². The van der Waals surface area contributed by atoms with Gasteiger partial charge in [-0.05, 0) is 48.4 Å². The number of amides is 1. The van der Waals surface area contributed by atoms with E-state index >= 15 is 0 Å². The molecule has 1 atom stereocenters. The maximum Gasteiger partial charge on any atom is 0.253 e. The van der Waals surface area contributed by atoms with Crippen molar-refractivity contribution in [2.24, 2.45) is 5.92 Å². The number of morpholine rings is 1. The summed E-state index contributed by atoms with van der Waals surface area (Å²) >= 11 is 0. The van der Waals surface area contributed by atoms with Crippen LogP contribution in [0.3, 0.4) is 0 Å². The van der Waals surface area contributed by atoms with Gasteiger partial charge in [0.15, 0.2) is 0 Å². The van der Waals surface area contributed by atoms with E-state index < -0.39 is 6.10 Å². The van der Waals surface area contributed by atoms with Crippen LogP contribution in [0, 0.1) is 5.92 Å². The summed E-state index contributed by atoms with van der Waals surface area (Å²) in [5, 5.41) is 0. The van der Waals surface area contributed by atoms with E-state index in [0.717, 1.165) is 61.6 Å². The molecule has 2 aromatic carbocycles. The summed E-state index contributed by atoms with van der Waals surface area (Å²) in [6.07, 6.45) is 2.81. The normalized spacial score (nSPS) is 18.1. The lowest BCUT2D eigenvalue weighted by Crippen LogP contribution is -2.51. The van der Waals surface area contributed by atoms with Crippen LogP contribution in [0.2, 0.25) is 0 Å². The third-order valence-electron chi connectivity index (χ3n) is 6.51. The molecule has 0 radical (unpaired) electrons. The standard InChI is InChI=1S/C28H38N2O4.ClH/c1-21(2)17-30(18-22-11-12-26-23(16-22)8-6-7-14-33-26)28(31)27-20-29(13-15-34-27)19-24-9-4-5-10-25(24)32-3;/h4-5,9-12,16,21,27H,6-8,13-15,17-20H2,1-3H3;1H. The van der Waals surface area contributed by atoms with Gasteiger partial charge in [-0.25, -0.2) is 0 Å². The van der Waals surface area contributed by atoms with Crippen molar-refractivity contribution in [1.29, 1.82) is 0 Å². The van der Waals surface area contributed by atoms with E-state index in [4.69, 9.17) is 14.2 Å². The van der Waals surface area contributed by atoms with E-state index in [1.165, 1.54) is 5.56 Å². The smallest absolute Gasteiger partial charge is 0.253 e. The molecular formula is C28H39ClN2O4. The number of carbonyl (C=O) groups excluding carboxylic acids is 1. The Hall–Kier alpha value is -2.28. The Balaban J connectivity index is 0.00000342. The van der Waals surface area contributed by atoms with Crippen LogP contribution < -0.4 is 9.47 Å². The van der Waals surface area contributed by atoms with E-state index in [-0.39, 0.29) is 18.3 Å². The molecule has 0 aromatic heterocycles. The topological polar surface area (TPSA) is 51.2 Å². The molecule has 192 valence electrons. The molecule has 2 heterocycles. The lowest BCUT2D eigenvalue weighted by atomic mass is 10.0. The van der Waals surface area contributed by atoms with Crippen LogP contribution in [0.1, 0.15) is 43.4 Å². The Kier molecular flexibility index (Phi) is 10.3. The lowest BCUT2D eigenvalue weighted by Gasteiger charge is -2.36. The van der Waals surface area contributed by atoms with Crippen molar-refractivity contribution in [2.75, 3.05) is 40.0 Å². The number of fused-ring (bicyclic) bond motifs is 1. The van der Waals surface area contributed by atoms with Gasteiger partial charge in [0, 0.05) is 38.3 Å². The van der Waals surface area contributed by atoms with Crippen molar-refractivity contribution < 1.29 is 19.0 Å². The molecule has 1 saturated heterocycles. The molecule has 1 amide bonds. The molecule has 35 heavy (non-hydrogen) atoms. The fourth-order valence-electron chi connectivity index (χ4n) is 4.83. The quantitative estimate of drug-likeness (QED) is 0.523. The number of aryl methyl sites for hydroxylation is 1. The number of halogens is 1. The van der Waals surface area contributed by atoms with Crippen molar-refractivity contribution >= 4 is 18.3 Å². The SMILES string of the molecule is COc1ccccc1CN1CCOC(C(=O)N(Cc2ccc3c(c2)CCCCO3)CC(C)C)C1.Cl. The van der Waals surface area contributed by atoms with E-state index in [9.17, 15) is 4.79 Å². The van der Waals surface area contributed by atoms with Gasteiger partial charge in [0.2, 0.25) is 0 Å². The first-order valence-electron chi connectivity index (χ1n) is 12.5. The van der Waals surface area contributed by atoms with Gasteiger partial charge in [0.1, 0.15) is 17.6 Å². The van der Waals surface area contributed by atoms with Crippen LogP contribution in [0.5, 0.6) is 11.5 Å². The van der Waals surface area contributed by atoms with E-state index in [2.05, 4.69) is 43.0 Å². The van der Waals surface area contributed by atoms with Gasteiger partial charge in [-0.2, -0.15) is 0 Å². The molecule has 2 aromatic rings. The second-order valence-corrected chi connectivity index (χ2v) is 9.77. The molecule has 6 nitrogen and oxygen atoms in total. The number of rotatable bonds is 8. The average Bonchev–Trinajstić information content (AvgIpc) is 3.08. The first kappa shape index (κ1) is 27.3. The van der Waals surface area contributed by atoms with Crippen molar-refractivity contribution in [3.63, 3.8) is 0 Å². The molecular weight excluding hydrogens is 464 g/mol. The Morgan fingerprint density at radius 3 is 2.80 bits per heavy atom. The van der Waals surface area contributed by atoms with Gasteiger partial charge in [-0.15, -0.1) is 12.4 Å². The summed E-state index contributed by atoms with van der Waals surface area (Å²) in [4.78, 5) is 17.9. The minimum atomic E-state index is -0.452. The zero-order chi connectivity index (χ0) is 23.9. The third kappa shape index (κ3) is 7.35. The highest BCUT2D eigenvalue weighted by Crippen LogP contribution is 2.26. The van der Waals surface area contributed by atoms with Crippen molar-refractivity contribution in [1.82, 2.24) is 9.80 Å². The Bertz CT molecular complexity index is 968. The number of methoxy groups -OCH3 is 1. The zero-order valence-corrected chi connectivity index (χ0v) is 22.0. The summed E-state index contributed by atoms with van der Waals surface area (Å²) in [6.45, 7) is 9.08. The summed E-state index contributed by atoms with van der Waals surface area (Å²) in [5.74, 6) is 2.32. The molecule has 4 rings (SSSR count). The van der Waals surface area contributed by atoms with Gasteiger partial charge in [-0.3, -0.25) is 9.69 Å². The second kappa shape index (κ2) is 13.1. The van der Waals surface area contributed by atoms with Crippen LogP contribution in [-0.4, -0.2) is 61.8 Å². The minimum absolute atomic E-state index is 0. The number of benzene rings is 2. The third-order valence-corrected chi connectivity index (χ3v) is 6.51. The summed E-state index contributed by atoms with van der Waals surface area (Å²) in [5.41, 5.74) is 3.54. The summed E-state index contributed by atoms with van der Waals surface area (Å²) < 4.78 is 17.4. The van der Waals surface area contributed by atoms with Crippen LogP contribution >= 0.6 is 12.4 Å². The highest BCUT2D eigenvalue weighted by Gasteiger charge is 2.31. The predicted molar refractivity (Wildman–Crippen MR) is 140 cm³/mol. The Labute approximate surface area is 215 Å². The molecule has 1 unspecified atom stereocenters. The molecule has 2 aliphatic heterocycles. The first-order valence-corrected chi connectivity index (χ1v) is 12.5.